The Balaban J connectivity index is 2.18. The number of nitrogens with zero attached hydrogens (tertiary/aromatic N) is 1. The van der Waals surface area contributed by atoms with E-state index in [9.17, 15) is 14.4 Å². The van der Waals surface area contributed by atoms with Crippen LogP contribution in [0.25, 0.3) is 0 Å². The van der Waals surface area contributed by atoms with Crippen LogP contribution in [0.1, 0.15) is 5.56 Å². The molecule has 1 aromatic carbocycles. The van der Waals surface area contributed by atoms with Crippen molar-refractivity contribution in [3.05, 3.63) is 41.1 Å². The topological polar surface area (TPSA) is 105 Å². The van der Waals surface area contributed by atoms with Gasteiger partial charge in [0.2, 0.25) is 0 Å². The molecule has 8 nitrogen and oxygen atoms in total. The number of aliphatic hydroxyl groups excluding tert-OH is 1. The Labute approximate surface area is 145 Å². The maximum Gasteiger partial charge on any atom is 0.337 e. The highest BCUT2D eigenvalue weighted by atomic mass is 16.5. The van der Waals surface area contributed by atoms with Gasteiger partial charge in [0.05, 0.1) is 39.4 Å². The highest BCUT2D eigenvalue weighted by Gasteiger charge is 2.34. The van der Waals surface area contributed by atoms with Crippen molar-refractivity contribution in [1.29, 1.82) is 0 Å². The van der Waals surface area contributed by atoms with Gasteiger partial charge in [0, 0.05) is 12.2 Å². The van der Waals surface area contributed by atoms with Crippen LogP contribution < -0.4 is 5.32 Å². The molecule has 1 amide bonds. The molecule has 1 heterocycles. The quantitative estimate of drug-likeness (QED) is 0.672. The molecule has 8 heteroatoms. The zero-order valence-corrected chi connectivity index (χ0v) is 14.1. The van der Waals surface area contributed by atoms with Crippen LogP contribution in [0.4, 0.5) is 5.69 Å². The van der Waals surface area contributed by atoms with E-state index in [2.05, 4.69) is 10.1 Å². The number of rotatable bonds is 7. The highest BCUT2D eigenvalue weighted by Crippen LogP contribution is 2.23. The van der Waals surface area contributed by atoms with E-state index in [0.717, 1.165) is 5.56 Å². The van der Waals surface area contributed by atoms with E-state index in [1.807, 2.05) is 0 Å². The summed E-state index contributed by atoms with van der Waals surface area (Å²) in [5.74, 6) is -1.33. The minimum Gasteiger partial charge on any atom is -0.469 e. The molecule has 0 fully saturated rings. The molecule has 134 valence electrons. The number of methoxy groups -OCH3 is 2. The Morgan fingerprint density at radius 1 is 1.20 bits per heavy atom. The number of ether oxygens (including phenoxy) is 2. The third-order valence-electron chi connectivity index (χ3n) is 3.75. The summed E-state index contributed by atoms with van der Waals surface area (Å²) >= 11 is 0. The van der Waals surface area contributed by atoms with Crippen LogP contribution in [-0.2, 0) is 30.3 Å². The van der Waals surface area contributed by atoms with Crippen molar-refractivity contribution in [1.82, 2.24) is 4.90 Å². The lowest BCUT2D eigenvalue weighted by atomic mass is 10.1. The van der Waals surface area contributed by atoms with E-state index in [4.69, 9.17) is 9.84 Å². The van der Waals surface area contributed by atoms with Crippen molar-refractivity contribution < 1.29 is 29.0 Å². The molecule has 0 saturated carbocycles. The number of carbonyl (C=O) groups is 3. The van der Waals surface area contributed by atoms with Gasteiger partial charge in [-0.2, -0.15) is 0 Å². The predicted octanol–water partition coefficient (Wildman–Crippen LogP) is 0.0756. The standard InChI is InChI=1S/C17H20N2O6/c1-24-14(21)9-11-3-5-12(6-4-11)18-15-13(17(23)25-2)10-19(7-8-20)16(15)22/h3-6,18,20H,7-10H2,1-2H3. The van der Waals surface area contributed by atoms with Crippen molar-refractivity contribution in [2.75, 3.05) is 39.2 Å². The fraction of sp³-hybridized carbons (Fsp3) is 0.353. The number of amides is 1. The fourth-order valence-electron chi connectivity index (χ4n) is 2.44. The summed E-state index contributed by atoms with van der Waals surface area (Å²) in [6, 6.07) is 6.84. The highest BCUT2D eigenvalue weighted by molar-refractivity contribution is 6.08. The summed E-state index contributed by atoms with van der Waals surface area (Å²) in [6.07, 6.45) is 0.149. The number of aliphatic hydroxyl groups is 1. The van der Waals surface area contributed by atoms with E-state index in [-0.39, 0.29) is 49.3 Å². The molecule has 0 spiro atoms. The number of carbonyl (C=O) groups excluding carboxylic acids is 3. The molecule has 0 aromatic heterocycles. The van der Waals surface area contributed by atoms with Crippen LogP contribution in [0.2, 0.25) is 0 Å². The lowest BCUT2D eigenvalue weighted by Gasteiger charge is -2.15. The van der Waals surface area contributed by atoms with E-state index < -0.39 is 5.97 Å². The SMILES string of the molecule is COC(=O)Cc1ccc(NC2=C(C(=O)OC)CN(CCO)C2=O)cc1. The Morgan fingerprint density at radius 3 is 2.44 bits per heavy atom. The number of hydrogen-bond acceptors (Lipinski definition) is 7. The first kappa shape index (κ1) is 18.5. The minimum atomic E-state index is -0.599. The summed E-state index contributed by atoms with van der Waals surface area (Å²) in [6.45, 7) is 0.00704. The molecule has 1 aromatic rings. The molecular weight excluding hydrogens is 328 g/mol. The summed E-state index contributed by atoms with van der Waals surface area (Å²) in [5, 5.41) is 12.0. The molecule has 2 N–H and O–H groups in total. The van der Waals surface area contributed by atoms with Crippen LogP contribution in [0, 0.1) is 0 Å². The first-order chi connectivity index (χ1) is 12.0. The van der Waals surface area contributed by atoms with Crippen LogP contribution in [0.5, 0.6) is 0 Å². The summed E-state index contributed by atoms with van der Waals surface area (Å²) in [4.78, 5) is 36.9. The van der Waals surface area contributed by atoms with Crippen molar-refractivity contribution in [2.24, 2.45) is 0 Å². The Kier molecular flexibility index (Phi) is 6.13. The zero-order chi connectivity index (χ0) is 18.4. The van der Waals surface area contributed by atoms with Gasteiger partial charge in [-0.15, -0.1) is 0 Å². The van der Waals surface area contributed by atoms with Gasteiger partial charge in [0.15, 0.2) is 0 Å². The molecule has 0 unspecified atom stereocenters. The Bertz CT molecular complexity index is 696. The number of esters is 2. The van der Waals surface area contributed by atoms with Crippen LogP contribution in [0.3, 0.4) is 0 Å². The van der Waals surface area contributed by atoms with E-state index in [0.29, 0.717) is 5.69 Å². The number of anilines is 1. The lowest BCUT2D eigenvalue weighted by Crippen LogP contribution is -2.31. The van der Waals surface area contributed by atoms with Crippen LogP contribution in [-0.4, -0.2) is 61.8 Å². The second-order valence-corrected chi connectivity index (χ2v) is 5.37. The largest absolute Gasteiger partial charge is 0.469 e. The molecular formula is C17H20N2O6. The number of β-amino-alcohol motifs (C(OH)–C–C–N with tert-alkyl or cyclic N) is 1. The van der Waals surface area contributed by atoms with Gasteiger partial charge < -0.3 is 24.8 Å². The zero-order valence-electron chi connectivity index (χ0n) is 14.1. The summed E-state index contributed by atoms with van der Waals surface area (Å²) < 4.78 is 9.33. The third kappa shape index (κ3) is 4.36. The number of hydrogen-bond donors (Lipinski definition) is 2. The first-order valence-corrected chi connectivity index (χ1v) is 7.64. The molecule has 0 saturated heterocycles. The number of benzene rings is 1. The van der Waals surface area contributed by atoms with Gasteiger partial charge in [-0.05, 0) is 17.7 Å². The van der Waals surface area contributed by atoms with Gasteiger partial charge in [-0.3, -0.25) is 9.59 Å². The normalized spacial score (nSPS) is 13.9. The van der Waals surface area contributed by atoms with Crippen molar-refractivity contribution >= 4 is 23.5 Å². The average Bonchev–Trinajstić information content (AvgIpc) is 2.92. The van der Waals surface area contributed by atoms with Crippen molar-refractivity contribution in [3.8, 4) is 0 Å². The molecule has 0 radical (unpaired) electrons. The Morgan fingerprint density at radius 2 is 1.88 bits per heavy atom. The molecule has 2 rings (SSSR count). The fourth-order valence-corrected chi connectivity index (χ4v) is 2.44. The maximum absolute atomic E-state index is 12.4. The smallest absolute Gasteiger partial charge is 0.337 e. The predicted molar refractivity (Wildman–Crippen MR) is 88.5 cm³/mol. The minimum absolute atomic E-state index is 0.0782. The van der Waals surface area contributed by atoms with Crippen molar-refractivity contribution in [3.63, 3.8) is 0 Å². The van der Waals surface area contributed by atoms with E-state index in [1.165, 1.54) is 19.1 Å². The monoisotopic (exact) mass is 348 g/mol. The second kappa shape index (κ2) is 8.29. The maximum atomic E-state index is 12.4. The van der Waals surface area contributed by atoms with Crippen molar-refractivity contribution in [2.45, 2.75) is 6.42 Å². The van der Waals surface area contributed by atoms with Gasteiger partial charge in [0.1, 0.15) is 5.70 Å². The van der Waals surface area contributed by atoms with E-state index >= 15 is 0 Å². The number of nitrogens with one attached hydrogen (secondary N) is 1. The van der Waals surface area contributed by atoms with Gasteiger partial charge >= 0.3 is 11.9 Å². The van der Waals surface area contributed by atoms with E-state index in [1.54, 1.807) is 24.3 Å². The molecule has 1 aliphatic heterocycles. The lowest BCUT2D eigenvalue weighted by molar-refractivity contribution is -0.140. The van der Waals surface area contributed by atoms with Crippen LogP contribution in [0.15, 0.2) is 35.5 Å². The molecule has 0 bridgehead atoms. The Hall–Kier alpha value is -2.87. The first-order valence-electron chi connectivity index (χ1n) is 7.64. The second-order valence-electron chi connectivity index (χ2n) is 5.37. The van der Waals surface area contributed by atoms with Gasteiger partial charge in [0.25, 0.3) is 5.91 Å². The van der Waals surface area contributed by atoms with Gasteiger partial charge in [-0.25, -0.2) is 4.79 Å². The summed E-state index contributed by atoms with van der Waals surface area (Å²) in [5.41, 5.74) is 1.68. The molecule has 25 heavy (non-hydrogen) atoms. The molecule has 0 aliphatic carbocycles. The summed E-state index contributed by atoms with van der Waals surface area (Å²) in [7, 11) is 2.57. The average molecular weight is 348 g/mol. The third-order valence-corrected chi connectivity index (χ3v) is 3.75. The van der Waals surface area contributed by atoms with Crippen LogP contribution >= 0.6 is 0 Å². The molecule has 0 atom stereocenters. The molecule has 1 aliphatic rings. The van der Waals surface area contributed by atoms with Gasteiger partial charge in [-0.1, -0.05) is 12.1 Å².